The first-order chi connectivity index (χ1) is 9.93. The van der Waals surface area contributed by atoms with Crippen molar-refractivity contribution >= 4 is 11.9 Å². The van der Waals surface area contributed by atoms with E-state index in [9.17, 15) is 14.7 Å². The molecule has 116 valence electrons. The van der Waals surface area contributed by atoms with Gasteiger partial charge in [-0.25, -0.2) is 4.79 Å². The Labute approximate surface area is 124 Å². The van der Waals surface area contributed by atoms with Crippen LogP contribution in [0.4, 0.5) is 0 Å². The molecule has 0 saturated heterocycles. The molecule has 5 N–H and O–H groups in total. The smallest absolute Gasteiger partial charge is 0.326 e. The van der Waals surface area contributed by atoms with Crippen molar-refractivity contribution in [1.29, 1.82) is 0 Å². The fraction of sp³-hybridized carbons (Fsp3) is 0.467. The number of amides is 1. The Bertz CT molecular complexity index is 473. The largest absolute Gasteiger partial charge is 0.508 e. The predicted octanol–water partition coefficient (Wildman–Crippen LogP) is 1.02. The maximum absolute atomic E-state index is 11.9. The molecule has 0 heterocycles. The summed E-state index contributed by atoms with van der Waals surface area (Å²) in [5, 5.41) is 20.7. The Morgan fingerprint density at radius 3 is 2.43 bits per heavy atom. The second-order valence-electron chi connectivity index (χ2n) is 5.02. The molecule has 0 saturated carbocycles. The third kappa shape index (κ3) is 5.83. The van der Waals surface area contributed by atoms with Crippen LogP contribution in [0.25, 0.3) is 0 Å². The fourth-order valence-electron chi connectivity index (χ4n) is 1.92. The van der Waals surface area contributed by atoms with Crippen molar-refractivity contribution in [3.8, 4) is 5.75 Å². The molecule has 0 bridgehead atoms. The Hall–Kier alpha value is -2.08. The molecule has 1 amide bonds. The van der Waals surface area contributed by atoms with Gasteiger partial charge in [0.05, 0.1) is 6.04 Å². The highest BCUT2D eigenvalue weighted by molar-refractivity contribution is 5.86. The van der Waals surface area contributed by atoms with E-state index < -0.39 is 24.0 Å². The van der Waals surface area contributed by atoms with Crippen LogP contribution >= 0.6 is 0 Å². The van der Waals surface area contributed by atoms with Gasteiger partial charge >= 0.3 is 5.97 Å². The number of unbranched alkanes of at least 4 members (excludes halogenated alkanes) is 1. The minimum absolute atomic E-state index is 0.141. The van der Waals surface area contributed by atoms with Crippen molar-refractivity contribution < 1.29 is 19.8 Å². The van der Waals surface area contributed by atoms with Gasteiger partial charge in [0.25, 0.3) is 0 Å². The molecule has 0 aromatic heterocycles. The lowest BCUT2D eigenvalue weighted by atomic mass is 10.0. The first-order valence-corrected chi connectivity index (χ1v) is 7.00. The second-order valence-corrected chi connectivity index (χ2v) is 5.02. The number of phenolic OH excluding ortho intramolecular Hbond substituents is 1. The van der Waals surface area contributed by atoms with Crippen LogP contribution in [-0.4, -0.2) is 34.2 Å². The highest BCUT2D eigenvalue weighted by Crippen LogP contribution is 2.11. The number of hydrogen-bond acceptors (Lipinski definition) is 4. The van der Waals surface area contributed by atoms with Crippen LogP contribution in [0.2, 0.25) is 0 Å². The summed E-state index contributed by atoms with van der Waals surface area (Å²) in [6.07, 6.45) is 2.26. The summed E-state index contributed by atoms with van der Waals surface area (Å²) in [7, 11) is 0. The number of carbonyl (C=O) groups is 2. The number of carboxylic acids is 1. The SMILES string of the molecule is CCCC[C@H](NC(=O)[C@H](N)Cc1ccc(O)cc1)C(=O)O. The molecule has 0 aliphatic carbocycles. The molecule has 6 nitrogen and oxygen atoms in total. The van der Waals surface area contributed by atoms with Crippen LogP contribution in [0, 0.1) is 0 Å². The number of hydrogen-bond donors (Lipinski definition) is 4. The van der Waals surface area contributed by atoms with Crippen molar-refractivity contribution in [3.63, 3.8) is 0 Å². The van der Waals surface area contributed by atoms with Gasteiger partial charge in [-0.1, -0.05) is 31.9 Å². The lowest BCUT2D eigenvalue weighted by Crippen LogP contribution is -2.49. The molecule has 0 aliphatic rings. The minimum atomic E-state index is -1.05. The van der Waals surface area contributed by atoms with Crippen molar-refractivity contribution in [3.05, 3.63) is 29.8 Å². The molecular weight excluding hydrogens is 272 g/mol. The minimum Gasteiger partial charge on any atom is -0.508 e. The monoisotopic (exact) mass is 294 g/mol. The normalized spacial score (nSPS) is 13.4. The molecule has 0 fully saturated rings. The molecular formula is C15H22N2O4. The van der Waals surface area contributed by atoms with Crippen LogP contribution in [-0.2, 0) is 16.0 Å². The summed E-state index contributed by atoms with van der Waals surface area (Å²) >= 11 is 0. The van der Waals surface area contributed by atoms with E-state index >= 15 is 0 Å². The predicted molar refractivity (Wildman–Crippen MR) is 78.9 cm³/mol. The van der Waals surface area contributed by atoms with E-state index in [1.54, 1.807) is 12.1 Å². The van der Waals surface area contributed by atoms with Crippen LogP contribution in [0.3, 0.4) is 0 Å². The molecule has 21 heavy (non-hydrogen) atoms. The first kappa shape index (κ1) is 17.0. The average molecular weight is 294 g/mol. The van der Waals surface area contributed by atoms with E-state index in [1.807, 2.05) is 6.92 Å². The number of aliphatic carboxylic acids is 1. The lowest BCUT2D eigenvalue weighted by molar-refractivity contribution is -0.142. The summed E-state index contributed by atoms with van der Waals surface area (Å²) in [5.41, 5.74) is 6.60. The molecule has 2 atom stereocenters. The third-order valence-electron chi connectivity index (χ3n) is 3.19. The Morgan fingerprint density at radius 1 is 1.29 bits per heavy atom. The number of rotatable bonds is 8. The number of carboxylic acid groups (broad SMARTS) is 1. The molecule has 1 aromatic carbocycles. The van der Waals surface area contributed by atoms with Crippen LogP contribution < -0.4 is 11.1 Å². The van der Waals surface area contributed by atoms with Gasteiger partial charge in [0.2, 0.25) is 5.91 Å². The van der Waals surface area contributed by atoms with Gasteiger partial charge in [-0.3, -0.25) is 4.79 Å². The van der Waals surface area contributed by atoms with Crippen LogP contribution in [0.15, 0.2) is 24.3 Å². The number of nitrogens with one attached hydrogen (secondary N) is 1. The van der Waals surface area contributed by atoms with Gasteiger partial charge in [0, 0.05) is 0 Å². The summed E-state index contributed by atoms with van der Waals surface area (Å²) < 4.78 is 0. The number of nitrogens with two attached hydrogens (primary N) is 1. The van der Waals surface area contributed by atoms with E-state index in [0.29, 0.717) is 6.42 Å². The molecule has 0 aliphatic heterocycles. The van der Waals surface area contributed by atoms with Crippen molar-refractivity contribution in [2.24, 2.45) is 5.73 Å². The zero-order chi connectivity index (χ0) is 15.8. The van der Waals surface area contributed by atoms with E-state index in [4.69, 9.17) is 10.8 Å². The molecule has 0 unspecified atom stereocenters. The zero-order valence-electron chi connectivity index (χ0n) is 12.1. The Morgan fingerprint density at radius 2 is 1.90 bits per heavy atom. The van der Waals surface area contributed by atoms with Crippen molar-refractivity contribution in [2.75, 3.05) is 0 Å². The highest BCUT2D eigenvalue weighted by Gasteiger charge is 2.22. The Balaban J connectivity index is 2.56. The molecule has 0 radical (unpaired) electrons. The third-order valence-corrected chi connectivity index (χ3v) is 3.19. The van der Waals surface area contributed by atoms with Crippen LogP contribution in [0.5, 0.6) is 5.75 Å². The Kier molecular flexibility index (Phi) is 6.68. The number of carbonyl (C=O) groups excluding carboxylic acids is 1. The highest BCUT2D eigenvalue weighted by atomic mass is 16.4. The topological polar surface area (TPSA) is 113 Å². The first-order valence-electron chi connectivity index (χ1n) is 7.00. The molecule has 1 rings (SSSR count). The summed E-state index contributed by atoms with van der Waals surface area (Å²) in [5.74, 6) is -1.39. The van der Waals surface area contributed by atoms with Gasteiger partial charge < -0.3 is 21.3 Å². The van der Waals surface area contributed by atoms with E-state index in [0.717, 1.165) is 18.4 Å². The number of aromatic hydroxyl groups is 1. The average Bonchev–Trinajstić information content (AvgIpc) is 2.45. The van der Waals surface area contributed by atoms with Crippen molar-refractivity contribution in [1.82, 2.24) is 5.32 Å². The standard InChI is InChI=1S/C15H22N2O4/c1-2-3-4-13(15(20)21)17-14(19)12(16)9-10-5-7-11(18)8-6-10/h5-8,12-13,18H,2-4,9,16H2,1H3,(H,17,19)(H,20,21)/t12-,13+/m1/s1. The quantitative estimate of drug-likeness (QED) is 0.572. The van der Waals surface area contributed by atoms with E-state index in [2.05, 4.69) is 5.32 Å². The number of phenols is 1. The number of benzene rings is 1. The zero-order valence-corrected chi connectivity index (χ0v) is 12.1. The van der Waals surface area contributed by atoms with E-state index in [-0.39, 0.29) is 12.2 Å². The summed E-state index contributed by atoms with van der Waals surface area (Å²) in [6, 6.07) is 4.66. The molecule has 6 heteroatoms. The van der Waals surface area contributed by atoms with Crippen LogP contribution in [0.1, 0.15) is 31.7 Å². The lowest BCUT2D eigenvalue weighted by Gasteiger charge is -2.17. The van der Waals surface area contributed by atoms with Gasteiger partial charge in [0.1, 0.15) is 11.8 Å². The fourth-order valence-corrected chi connectivity index (χ4v) is 1.92. The van der Waals surface area contributed by atoms with Gasteiger partial charge in [-0.05, 0) is 30.5 Å². The molecule has 1 aromatic rings. The summed E-state index contributed by atoms with van der Waals surface area (Å²) in [4.78, 5) is 23.0. The summed E-state index contributed by atoms with van der Waals surface area (Å²) in [6.45, 7) is 1.96. The molecule has 0 spiro atoms. The second kappa shape index (κ2) is 8.26. The maximum Gasteiger partial charge on any atom is 0.326 e. The van der Waals surface area contributed by atoms with Gasteiger partial charge in [-0.15, -0.1) is 0 Å². The van der Waals surface area contributed by atoms with Crippen molar-refractivity contribution in [2.45, 2.75) is 44.7 Å². The van der Waals surface area contributed by atoms with Gasteiger partial charge in [-0.2, -0.15) is 0 Å². The van der Waals surface area contributed by atoms with E-state index in [1.165, 1.54) is 12.1 Å². The maximum atomic E-state index is 11.9. The van der Waals surface area contributed by atoms with Gasteiger partial charge in [0.15, 0.2) is 0 Å².